The van der Waals surface area contributed by atoms with E-state index in [0.29, 0.717) is 6.04 Å². The maximum atomic E-state index is 4.49. The predicted molar refractivity (Wildman–Crippen MR) is 49.2 cm³/mol. The fourth-order valence-corrected chi connectivity index (χ4v) is 1.14. The van der Waals surface area contributed by atoms with E-state index in [1.807, 2.05) is 0 Å². The molecule has 0 aromatic carbocycles. The van der Waals surface area contributed by atoms with Gasteiger partial charge in [-0.3, -0.25) is 4.99 Å². The van der Waals surface area contributed by atoms with Crippen LogP contribution in [0.25, 0.3) is 0 Å². The van der Waals surface area contributed by atoms with Crippen molar-refractivity contribution in [2.45, 2.75) is 26.3 Å². The fourth-order valence-electron chi connectivity index (χ4n) is 1.14. The number of rotatable bonds is 3. The van der Waals surface area contributed by atoms with Gasteiger partial charge in [0.2, 0.25) is 0 Å². The van der Waals surface area contributed by atoms with Crippen molar-refractivity contribution in [3.63, 3.8) is 0 Å². The number of aliphatic imine (C=N–C) groups is 1. The lowest BCUT2D eigenvalue weighted by Gasteiger charge is -2.11. The Morgan fingerprint density at radius 2 is 2.55 bits per heavy atom. The van der Waals surface area contributed by atoms with Crippen molar-refractivity contribution < 1.29 is 0 Å². The number of nitrogens with zero attached hydrogens (tertiary/aromatic N) is 1. The van der Waals surface area contributed by atoms with Gasteiger partial charge in [-0.1, -0.05) is 13.0 Å². The maximum Gasteiger partial charge on any atom is 0.0509 e. The molecule has 1 rings (SSSR count). The summed E-state index contributed by atoms with van der Waals surface area (Å²) in [5, 5.41) is 3.26. The van der Waals surface area contributed by atoms with Gasteiger partial charge in [0, 0.05) is 12.3 Å². The third kappa shape index (κ3) is 2.85. The number of hydrogen-bond donors (Lipinski definition) is 1. The Kier molecular flexibility index (Phi) is 3.30. The van der Waals surface area contributed by atoms with Crippen LogP contribution in [0.1, 0.15) is 20.3 Å². The van der Waals surface area contributed by atoms with Crippen LogP contribution in [0, 0.1) is 0 Å². The topological polar surface area (TPSA) is 24.4 Å². The Hall–Kier alpha value is -0.630. The average Bonchev–Trinajstić information content (AvgIpc) is 2.01. The monoisotopic (exact) mass is 152 g/mol. The van der Waals surface area contributed by atoms with E-state index < -0.39 is 0 Å². The van der Waals surface area contributed by atoms with E-state index in [1.54, 1.807) is 0 Å². The minimum Gasteiger partial charge on any atom is -0.311 e. The van der Waals surface area contributed by atoms with Crippen molar-refractivity contribution in [1.29, 1.82) is 0 Å². The van der Waals surface area contributed by atoms with Crippen molar-refractivity contribution in [2.24, 2.45) is 4.99 Å². The molecule has 1 atom stereocenters. The number of hydrogen-bond acceptors (Lipinski definition) is 2. The molecule has 11 heavy (non-hydrogen) atoms. The molecule has 0 radical (unpaired) electrons. The van der Waals surface area contributed by atoms with E-state index in [0.717, 1.165) is 19.5 Å². The smallest absolute Gasteiger partial charge is 0.0509 e. The quantitative estimate of drug-likeness (QED) is 0.649. The molecular formula is C9H16N2. The first-order chi connectivity index (χ1) is 5.33. The zero-order valence-corrected chi connectivity index (χ0v) is 7.30. The molecule has 0 saturated carbocycles. The van der Waals surface area contributed by atoms with Crippen LogP contribution in [0.2, 0.25) is 0 Å². The summed E-state index contributed by atoms with van der Waals surface area (Å²) in [5.74, 6) is 0. The van der Waals surface area contributed by atoms with E-state index in [9.17, 15) is 0 Å². The average molecular weight is 152 g/mol. The highest BCUT2D eigenvalue weighted by atomic mass is 14.9. The Morgan fingerprint density at radius 1 is 1.73 bits per heavy atom. The highest BCUT2D eigenvalue weighted by molar-refractivity contribution is 5.97. The summed E-state index contributed by atoms with van der Waals surface area (Å²) in [5.41, 5.74) is 1.19. The Morgan fingerprint density at radius 3 is 3.18 bits per heavy atom. The second kappa shape index (κ2) is 4.29. The number of dihydropyridines is 1. The Labute approximate surface area is 68.4 Å². The molecule has 0 aromatic heterocycles. The van der Waals surface area contributed by atoms with Gasteiger partial charge in [0.25, 0.3) is 0 Å². The lowest BCUT2D eigenvalue weighted by Crippen LogP contribution is -2.23. The zero-order chi connectivity index (χ0) is 8.10. The van der Waals surface area contributed by atoms with Crippen LogP contribution in [0.5, 0.6) is 0 Å². The molecule has 1 unspecified atom stereocenters. The first kappa shape index (κ1) is 8.47. The van der Waals surface area contributed by atoms with E-state index >= 15 is 0 Å². The van der Waals surface area contributed by atoms with Crippen LogP contribution in [0.4, 0.5) is 0 Å². The van der Waals surface area contributed by atoms with Crippen molar-refractivity contribution in [3.8, 4) is 0 Å². The van der Waals surface area contributed by atoms with E-state index in [2.05, 4.69) is 36.3 Å². The Balaban J connectivity index is 2.37. The van der Waals surface area contributed by atoms with Gasteiger partial charge in [0.1, 0.15) is 0 Å². The standard InChI is InChI=1S/C9H16N2/c1-3-10-7-9-6-4-5-8(2)11-9/h4,6,8,10H,3,5,7H2,1-2H3. The molecule has 0 spiro atoms. The van der Waals surface area contributed by atoms with Crippen molar-refractivity contribution in [1.82, 2.24) is 5.32 Å². The summed E-state index contributed by atoms with van der Waals surface area (Å²) >= 11 is 0. The van der Waals surface area contributed by atoms with E-state index in [4.69, 9.17) is 0 Å². The fraction of sp³-hybridized carbons (Fsp3) is 0.667. The minimum absolute atomic E-state index is 0.480. The molecule has 0 aromatic rings. The minimum atomic E-state index is 0.480. The van der Waals surface area contributed by atoms with Crippen LogP contribution < -0.4 is 5.32 Å². The molecule has 1 aliphatic heterocycles. The molecule has 62 valence electrons. The SMILES string of the molecule is CCNCC1=NC(C)CC=C1. The van der Waals surface area contributed by atoms with Crippen LogP contribution in [0.3, 0.4) is 0 Å². The molecule has 0 fully saturated rings. The Bertz CT molecular complexity index is 170. The van der Waals surface area contributed by atoms with Crippen LogP contribution in [-0.4, -0.2) is 24.8 Å². The summed E-state index contributed by atoms with van der Waals surface area (Å²) in [4.78, 5) is 4.49. The molecule has 1 heterocycles. The maximum absolute atomic E-state index is 4.49. The summed E-state index contributed by atoms with van der Waals surface area (Å²) < 4.78 is 0. The third-order valence-electron chi connectivity index (χ3n) is 1.73. The van der Waals surface area contributed by atoms with Crippen molar-refractivity contribution in [3.05, 3.63) is 12.2 Å². The van der Waals surface area contributed by atoms with Gasteiger partial charge in [-0.2, -0.15) is 0 Å². The van der Waals surface area contributed by atoms with Gasteiger partial charge in [-0.25, -0.2) is 0 Å². The molecule has 2 nitrogen and oxygen atoms in total. The first-order valence-corrected chi connectivity index (χ1v) is 4.27. The second-order valence-electron chi connectivity index (χ2n) is 2.89. The highest BCUT2D eigenvalue weighted by Crippen LogP contribution is 2.04. The normalized spacial score (nSPS) is 23.5. The molecule has 2 heteroatoms. The molecule has 1 N–H and O–H groups in total. The lowest BCUT2D eigenvalue weighted by molar-refractivity contribution is 0.738. The van der Waals surface area contributed by atoms with E-state index in [-0.39, 0.29) is 0 Å². The van der Waals surface area contributed by atoms with Gasteiger partial charge in [0.15, 0.2) is 0 Å². The van der Waals surface area contributed by atoms with Gasteiger partial charge in [-0.05, 0) is 26.0 Å². The molecule has 0 bridgehead atoms. The molecular weight excluding hydrogens is 136 g/mol. The third-order valence-corrected chi connectivity index (χ3v) is 1.73. The summed E-state index contributed by atoms with van der Waals surface area (Å²) in [7, 11) is 0. The summed E-state index contributed by atoms with van der Waals surface area (Å²) in [6.45, 7) is 6.19. The highest BCUT2D eigenvalue weighted by Gasteiger charge is 2.03. The van der Waals surface area contributed by atoms with Crippen LogP contribution in [0.15, 0.2) is 17.1 Å². The van der Waals surface area contributed by atoms with Gasteiger partial charge in [0.05, 0.1) is 6.04 Å². The predicted octanol–water partition coefficient (Wildman–Crippen LogP) is 1.39. The van der Waals surface area contributed by atoms with Crippen molar-refractivity contribution >= 4 is 5.71 Å². The molecule has 1 aliphatic rings. The second-order valence-corrected chi connectivity index (χ2v) is 2.89. The summed E-state index contributed by atoms with van der Waals surface area (Å²) in [6.07, 6.45) is 5.41. The molecule has 0 amide bonds. The van der Waals surface area contributed by atoms with Crippen molar-refractivity contribution in [2.75, 3.05) is 13.1 Å². The first-order valence-electron chi connectivity index (χ1n) is 4.27. The lowest BCUT2D eigenvalue weighted by atomic mass is 10.1. The molecule has 0 saturated heterocycles. The molecule has 0 aliphatic carbocycles. The van der Waals surface area contributed by atoms with Crippen LogP contribution >= 0.6 is 0 Å². The largest absolute Gasteiger partial charge is 0.311 e. The van der Waals surface area contributed by atoms with E-state index in [1.165, 1.54) is 5.71 Å². The summed E-state index contributed by atoms with van der Waals surface area (Å²) in [6, 6.07) is 0.480. The number of nitrogens with one attached hydrogen (secondary N) is 1. The van der Waals surface area contributed by atoms with Gasteiger partial charge < -0.3 is 5.32 Å². The zero-order valence-electron chi connectivity index (χ0n) is 7.30. The van der Waals surface area contributed by atoms with Crippen LogP contribution in [-0.2, 0) is 0 Å². The van der Waals surface area contributed by atoms with Gasteiger partial charge >= 0.3 is 0 Å². The van der Waals surface area contributed by atoms with Gasteiger partial charge in [-0.15, -0.1) is 0 Å².